The van der Waals surface area contributed by atoms with Crippen LogP contribution in [0.3, 0.4) is 0 Å². The summed E-state index contributed by atoms with van der Waals surface area (Å²) in [7, 11) is 0. The predicted molar refractivity (Wildman–Crippen MR) is 92.8 cm³/mol. The molecule has 2 rings (SSSR count). The van der Waals surface area contributed by atoms with Crippen LogP contribution in [0.25, 0.3) is 6.08 Å². The van der Waals surface area contributed by atoms with E-state index in [4.69, 9.17) is 16.9 Å². The van der Waals surface area contributed by atoms with Crippen molar-refractivity contribution < 1.29 is 9.18 Å². The number of nitrogens with zero attached hydrogens (tertiary/aromatic N) is 1. The Morgan fingerprint density at radius 1 is 1.32 bits per heavy atom. The first kappa shape index (κ1) is 16.5. The van der Waals surface area contributed by atoms with Gasteiger partial charge in [0.2, 0.25) is 0 Å². The average Bonchev–Trinajstić information content (AvgIpc) is 2.47. The van der Waals surface area contributed by atoms with E-state index in [-0.39, 0.29) is 16.2 Å². The van der Waals surface area contributed by atoms with Crippen LogP contribution in [0.15, 0.2) is 48.0 Å². The zero-order valence-corrected chi connectivity index (χ0v) is 14.0. The second-order valence-electron chi connectivity index (χ2n) is 4.27. The molecule has 22 heavy (non-hydrogen) atoms. The van der Waals surface area contributed by atoms with Gasteiger partial charge in [0.05, 0.1) is 5.02 Å². The first-order valence-electron chi connectivity index (χ1n) is 6.14. The molecule has 0 aliphatic carbocycles. The summed E-state index contributed by atoms with van der Waals surface area (Å²) in [6.07, 6.45) is 1.14. The van der Waals surface area contributed by atoms with Crippen molar-refractivity contribution in [2.45, 2.75) is 0 Å². The number of anilines is 1. The monoisotopic (exact) mass is 426 g/mol. The fourth-order valence-corrected chi connectivity index (χ4v) is 2.47. The minimum absolute atomic E-state index is 0.0125. The van der Waals surface area contributed by atoms with E-state index in [1.807, 2.05) is 6.07 Å². The SMILES string of the molecule is N#C/C(=C\c1c(F)cccc1Cl)C(=O)Nc1cccc(I)c1. The van der Waals surface area contributed by atoms with Crippen LogP contribution in [0.5, 0.6) is 0 Å². The molecule has 0 unspecified atom stereocenters. The maximum absolute atomic E-state index is 13.7. The van der Waals surface area contributed by atoms with Crippen LogP contribution in [0.2, 0.25) is 5.02 Å². The van der Waals surface area contributed by atoms with Crippen molar-refractivity contribution in [1.29, 1.82) is 5.26 Å². The highest BCUT2D eigenvalue weighted by Crippen LogP contribution is 2.22. The molecule has 0 heterocycles. The summed E-state index contributed by atoms with van der Waals surface area (Å²) in [4.78, 5) is 12.1. The van der Waals surface area contributed by atoms with Gasteiger partial charge in [-0.3, -0.25) is 4.79 Å². The topological polar surface area (TPSA) is 52.9 Å². The van der Waals surface area contributed by atoms with Crippen LogP contribution in [0.1, 0.15) is 5.56 Å². The van der Waals surface area contributed by atoms with Crippen LogP contribution in [0.4, 0.5) is 10.1 Å². The van der Waals surface area contributed by atoms with E-state index in [9.17, 15) is 9.18 Å². The van der Waals surface area contributed by atoms with Gasteiger partial charge in [-0.15, -0.1) is 0 Å². The molecule has 0 spiro atoms. The van der Waals surface area contributed by atoms with Crippen LogP contribution < -0.4 is 5.32 Å². The van der Waals surface area contributed by atoms with Gasteiger partial charge in [0.1, 0.15) is 17.5 Å². The molecule has 6 heteroatoms. The van der Waals surface area contributed by atoms with E-state index in [1.165, 1.54) is 18.2 Å². The molecule has 0 fully saturated rings. The third-order valence-corrected chi connectivity index (χ3v) is 3.74. The average molecular weight is 427 g/mol. The summed E-state index contributed by atoms with van der Waals surface area (Å²) >= 11 is 8.00. The van der Waals surface area contributed by atoms with Gasteiger partial charge in [-0.2, -0.15) is 5.26 Å². The number of hydrogen-bond donors (Lipinski definition) is 1. The molecule has 2 aromatic rings. The highest BCUT2D eigenvalue weighted by Gasteiger charge is 2.12. The van der Waals surface area contributed by atoms with Gasteiger partial charge in [-0.1, -0.05) is 23.7 Å². The minimum atomic E-state index is -0.621. The molecule has 0 aromatic heterocycles. The first-order valence-corrected chi connectivity index (χ1v) is 7.59. The fourth-order valence-electron chi connectivity index (χ4n) is 1.71. The lowest BCUT2D eigenvalue weighted by molar-refractivity contribution is -0.112. The first-order chi connectivity index (χ1) is 10.5. The quantitative estimate of drug-likeness (QED) is 0.442. The minimum Gasteiger partial charge on any atom is -0.321 e. The summed E-state index contributed by atoms with van der Waals surface area (Å²) < 4.78 is 14.7. The number of nitrogens with one attached hydrogen (secondary N) is 1. The summed E-state index contributed by atoms with van der Waals surface area (Å²) in [6, 6.07) is 13.0. The van der Waals surface area contributed by atoms with E-state index >= 15 is 0 Å². The van der Waals surface area contributed by atoms with Gasteiger partial charge in [0, 0.05) is 14.8 Å². The molecule has 2 aromatic carbocycles. The molecule has 1 amide bonds. The van der Waals surface area contributed by atoms with Gasteiger partial charge in [0.25, 0.3) is 5.91 Å². The molecule has 3 nitrogen and oxygen atoms in total. The van der Waals surface area contributed by atoms with Crippen LogP contribution in [-0.4, -0.2) is 5.91 Å². The van der Waals surface area contributed by atoms with Crippen LogP contribution in [0, 0.1) is 20.7 Å². The van der Waals surface area contributed by atoms with Crippen molar-refractivity contribution in [3.8, 4) is 6.07 Å². The highest BCUT2D eigenvalue weighted by molar-refractivity contribution is 14.1. The molecule has 1 N–H and O–H groups in total. The Labute approximate surface area is 145 Å². The van der Waals surface area contributed by atoms with Crippen molar-refractivity contribution >= 4 is 51.9 Å². The van der Waals surface area contributed by atoms with E-state index in [1.54, 1.807) is 24.3 Å². The molecule has 0 aliphatic heterocycles. The molecule has 110 valence electrons. The Kier molecular flexibility index (Phi) is 5.52. The Morgan fingerprint density at radius 3 is 2.68 bits per heavy atom. The van der Waals surface area contributed by atoms with E-state index in [0.717, 1.165) is 9.65 Å². The lowest BCUT2D eigenvalue weighted by Gasteiger charge is -2.05. The second kappa shape index (κ2) is 7.38. The van der Waals surface area contributed by atoms with Crippen LogP contribution in [-0.2, 0) is 4.79 Å². The Bertz CT molecular complexity index is 779. The smallest absolute Gasteiger partial charge is 0.266 e. The zero-order valence-electron chi connectivity index (χ0n) is 11.1. The maximum Gasteiger partial charge on any atom is 0.266 e. The molecular weight excluding hydrogens is 418 g/mol. The van der Waals surface area contributed by atoms with Gasteiger partial charge in [0.15, 0.2) is 0 Å². The molecule has 0 aliphatic rings. The fraction of sp³-hybridized carbons (Fsp3) is 0. The van der Waals surface area contributed by atoms with Crippen molar-refractivity contribution in [1.82, 2.24) is 0 Å². The normalized spacial score (nSPS) is 10.9. The lowest BCUT2D eigenvalue weighted by Crippen LogP contribution is -2.13. The van der Waals surface area contributed by atoms with Gasteiger partial charge < -0.3 is 5.32 Å². The van der Waals surface area contributed by atoms with Crippen molar-refractivity contribution in [2.24, 2.45) is 0 Å². The molecule has 0 radical (unpaired) electrons. The van der Waals surface area contributed by atoms with Crippen LogP contribution >= 0.6 is 34.2 Å². The van der Waals surface area contributed by atoms with Crippen molar-refractivity contribution in [3.05, 3.63) is 68.0 Å². The molecule has 0 atom stereocenters. The van der Waals surface area contributed by atoms with Crippen molar-refractivity contribution in [3.63, 3.8) is 0 Å². The summed E-state index contributed by atoms with van der Waals surface area (Å²) in [5, 5.41) is 11.9. The number of carbonyl (C=O) groups excluding carboxylic acids is 1. The standard InChI is InChI=1S/C16H9ClFIN2O/c17-14-5-2-6-15(18)13(14)7-10(9-20)16(22)21-12-4-1-3-11(19)8-12/h1-8H,(H,21,22)/b10-7+. The molecule has 0 saturated heterocycles. The number of benzene rings is 2. The molecule has 0 saturated carbocycles. The predicted octanol–water partition coefficient (Wildman–Crippen LogP) is 4.63. The summed E-state index contributed by atoms with van der Waals surface area (Å²) in [5.41, 5.74) is 0.335. The van der Waals surface area contributed by atoms with Gasteiger partial charge in [-0.05, 0) is 59.0 Å². The molecular formula is C16H9ClFIN2O. The highest BCUT2D eigenvalue weighted by atomic mass is 127. The van der Waals surface area contributed by atoms with Crippen molar-refractivity contribution in [2.75, 3.05) is 5.32 Å². The third-order valence-electron chi connectivity index (χ3n) is 2.74. The maximum atomic E-state index is 13.7. The Balaban J connectivity index is 2.30. The van der Waals surface area contributed by atoms with E-state index in [0.29, 0.717) is 5.69 Å². The van der Waals surface area contributed by atoms with Gasteiger partial charge >= 0.3 is 0 Å². The zero-order chi connectivity index (χ0) is 16.1. The second-order valence-corrected chi connectivity index (χ2v) is 5.92. The van der Waals surface area contributed by atoms with E-state index in [2.05, 4.69) is 27.9 Å². The van der Waals surface area contributed by atoms with E-state index < -0.39 is 11.7 Å². The number of halogens is 3. The largest absolute Gasteiger partial charge is 0.321 e. The van der Waals surface area contributed by atoms with Gasteiger partial charge in [-0.25, -0.2) is 4.39 Å². The number of rotatable bonds is 3. The third kappa shape index (κ3) is 4.06. The molecule has 0 bridgehead atoms. The Morgan fingerprint density at radius 2 is 2.05 bits per heavy atom. The summed E-state index contributed by atoms with van der Waals surface area (Å²) in [5.74, 6) is -1.22. The lowest BCUT2D eigenvalue weighted by atomic mass is 10.1. The number of amides is 1. The number of hydrogen-bond acceptors (Lipinski definition) is 2. The summed E-state index contributed by atoms with van der Waals surface area (Å²) in [6.45, 7) is 0. The Hall–Kier alpha value is -1.91. The number of nitriles is 1. The number of carbonyl (C=O) groups is 1.